The van der Waals surface area contributed by atoms with Gasteiger partial charge in [-0.1, -0.05) is 48.5 Å². The molecule has 3 aromatic rings. The van der Waals surface area contributed by atoms with Crippen LogP contribution in [0, 0.1) is 0 Å². The number of hydrogen-bond donors (Lipinski definition) is 3. The molecular weight excluding hydrogens is 364 g/mol. The molecule has 0 unspecified atom stereocenters. The molecule has 0 heterocycles. The second-order valence-corrected chi connectivity index (χ2v) is 5.79. The number of halogens is 2. The summed E-state index contributed by atoms with van der Waals surface area (Å²) in [7, 11) is 0. The summed E-state index contributed by atoms with van der Waals surface area (Å²) in [6, 6.07) is 21.0. The number of ether oxygens (including phenoxy) is 1. The molecule has 144 valence electrons. The van der Waals surface area contributed by atoms with Crippen molar-refractivity contribution in [1.29, 1.82) is 0 Å². The number of amidine groups is 1. The monoisotopic (exact) mass is 383 g/mol. The Morgan fingerprint density at radius 1 is 0.929 bits per heavy atom. The van der Waals surface area contributed by atoms with E-state index in [0.29, 0.717) is 28.2 Å². The van der Waals surface area contributed by atoms with Crippen LogP contribution in [-0.2, 0) is 0 Å². The second-order valence-electron chi connectivity index (χ2n) is 5.79. The van der Waals surface area contributed by atoms with Gasteiger partial charge in [0.25, 0.3) is 0 Å². The molecule has 0 radical (unpaired) electrons. The Balaban J connectivity index is 2.08. The zero-order valence-electron chi connectivity index (χ0n) is 14.8. The van der Waals surface area contributed by atoms with Gasteiger partial charge in [-0.15, -0.1) is 0 Å². The number of anilines is 1. The highest BCUT2D eigenvalue weighted by molar-refractivity contribution is 6.00. The predicted molar refractivity (Wildman–Crippen MR) is 105 cm³/mol. The molecule has 0 spiro atoms. The largest absolute Gasteiger partial charge is 0.538 e. The maximum atomic E-state index is 12.8. The quantitative estimate of drug-likeness (QED) is 0.200. The molecular formula is C20H19F2N5O. The molecule has 0 aliphatic rings. The Morgan fingerprint density at radius 2 is 1.57 bits per heavy atom. The van der Waals surface area contributed by atoms with Gasteiger partial charge in [0.15, 0.2) is 5.69 Å². The minimum Gasteiger partial charge on any atom is -0.538 e. The number of rotatable bonds is 6. The van der Waals surface area contributed by atoms with Crippen LogP contribution < -0.4 is 21.6 Å². The number of nitrogens with zero attached hydrogens (tertiary/aromatic N) is 2. The molecule has 0 saturated carbocycles. The second kappa shape index (κ2) is 8.94. The number of hydrogen-bond acceptors (Lipinski definition) is 4. The van der Waals surface area contributed by atoms with Crippen molar-refractivity contribution in [1.82, 2.24) is 0 Å². The fourth-order valence-electron chi connectivity index (χ4n) is 2.84. The Morgan fingerprint density at radius 3 is 2.29 bits per heavy atom. The van der Waals surface area contributed by atoms with Gasteiger partial charge in [0.2, 0.25) is 5.84 Å². The van der Waals surface area contributed by atoms with E-state index in [9.17, 15) is 8.78 Å². The lowest BCUT2D eigenvalue weighted by Gasteiger charge is -2.16. The van der Waals surface area contributed by atoms with Crippen molar-refractivity contribution in [2.24, 2.45) is 10.9 Å². The molecule has 0 amide bonds. The van der Waals surface area contributed by atoms with E-state index in [1.807, 2.05) is 24.3 Å². The highest BCUT2D eigenvalue weighted by Gasteiger charge is 2.18. The number of alkyl halides is 2. The lowest BCUT2D eigenvalue weighted by atomic mass is 9.98. The van der Waals surface area contributed by atoms with E-state index in [2.05, 4.69) is 15.4 Å². The van der Waals surface area contributed by atoms with Crippen molar-refractivity contribution in [2.75, 3.05) is 5.73 Å². The number of para-hydroxylation sites is 3. The van der Waals surface area contributed by atoms with Crippen LogP contribution in [0.5, 0.6) is 5.75 Å². The molecule has 0 atom stereocenters. The first-order valence-corrected chi connectivity index (χ1v) is 8.41. The lowest BCUT2D eigenvalue weighted by Crippen LogP contribution is -2.82. The summed E-state index contributed by atoms with van der Waals surface area (Å²) in [5, 5.41) is 5.76. The molecule has 0 aromatic heterocycles. The summed E-state index contributed by atoms with van der Waals surface area (Å²) in [5.41, 5.74) is 12.5. The molecule has 0 aliphatic heterocycles. The minimum atomic E-state index is -2.93. The number of benzene rings is 3. The maximum Gasteiger partial charge on any atom is 0.387 e. The summed E-state index contributed by atoms with van der Waals surface area (Å²) in [4.78, 5) is 0. The van der Waals surface area contributed by atoms with Crippen LogP contribution in [0.2, 0.25) is 0 Å². The van der Waals surface area contributed by atoms with Crippen molar-refractivity contribution in [3.05, 3.63) is 83.9 Å². The van der Waals surface area contributed by atoms with E-state index in [0.717, 1.165) is 5.69 Å². The Kier molecular flexibility index (Phi) is 6.15. The maximum absolute atomic E-state index is 12.8. The van der Waals surface area contributed by atoms with Gasteiger partial charge in [-0.05, 0) is 18.2 Å². The third-order valence-corrected chi connectivity index (χ3v) is 4.05. The van der Waals surface area contributed by atoms with Gasteiger partial charge in [-0.3, -0.25) is 5.32 Å². The normalized spacial score (nSPS) is 11.5. The summed E-state index contributed by atoms with van der Waals surface area (Å²) < 4.78 is 30.3. The van der Waals surface area contributed by atoms with Crippen molar-refractivity contribution >= 4 is 17.2 Å². The molecule has 8 heteroatoms. The minimum absolute atomic E-state index is 0.0632. The van der Waals surface area contributed by atoms with E-state index in [4.69, 9.17) is 11.6 Å². The molecule has 6 N–H and O–H groups in total. The first kappa shape index (κ1) is 19.3. The summed E-state index contributed by atoms with van der Waals surface area (Å²) >= 11 is 0. The van der Waals surface area contributed by atoms with Crippen LogP contribution in [0.3, 0.4) is 0 Å². The van der Waals surface area contributed by atoms with Gasteiger partial charge in [0.1, 0.15) is 5.75 Å². The molecule has 0 bridgehead atoms. The van der Waals surface area contributed by atoms with E-state index in [1.54, 1.807) is 47.8 Å². The van der Waals surface area contributed by atoms with Crippen LogP contribution in [-0.4, -0.2) is 12.4 Å². The van der Waals surface area contributed by atoms with Gasteiger partial charge < -0.3 is 26.9 Å². The van der Waals surface area contributed by atoms with Gasteiger partial charge in [-0.25, -0.2) is 0 Å². The average molecular weight is 383 g/mol. The fraction of sp³-hybridized carbons (Fsp3) is 0.0500. The summed E-state index contributed by atoms with van der Waals surface area (Å²) in [5.74, 6) is 5.80. The average Bonchev–Trinajstić information content (AvgIpc) is 2.69. The van der Waals surface area contributed by atoms with Crippen molar-refractivity contribution in [3.8, 4) is 16.9 Å². The van der Waals surface area contributed by atoms with E-state index < -0.39 is 6.61 Å². The summed E-state index contributed by atoms with van der Waals surface area (Å²) in [6.07, 6.45) is 0. The van der Waals surface area contributed by atoms with Gasteiger partial charge in [0, 0.05) is 17.2 Å². The zero-order valence-corrected chi connectivity index (χ0v) is 14.8. The molecule has 28 heavy (non-hydrogen) atoms. The van der Waals surface area contributed by atoms with Crippen molar-refractivity contribution in [2.45, 2.75) is 6.61 Å². The highest BCUT2D eigenvalue weighted by Crippen LogP contribution is 2.33. The summed E-state index contributed by atoms with van der Waals surface area (Å²) in [6.45, 7) is -2.93. The van der Waals surface area contributed by atoms with Gasteiger partial charge in [0.05, 0.1) is 11.3 Å². The topological polar surface area (TPSA) is 104 Å². The van der Waals surface area contributed by atoms with Crippen molar-refractivity contribution < 1.29 is 18.8 Å². The van der Waals surface area contributed by atoms with E-state index in [1.165, 1.54) is 6.07 Å². The third kappa shape index (κ3) is 4.43. The van der Waals surface area contributed by atoms with Crippen LogP contribution in [0.1, 0.15) is 5.56 Å². The zero-order chi connectivity index (χ0) is 19.9. The third-order valence-electron chi connectivity index (χ3n) is 4.05. The van der Waals surface area contributed by atoms with Crippen molar-refractivity contribution in [3.63, 3.8) is 0 Å². The standard InChI is InChI=1S/C20H18F2N5O/c21-20(22)28-18-12-6-3-8-14(18)13-7-1-2-9-15(13)19(26-27-24)25-17-11-5-4-10-16(17)23/h1-12,20H,23-24H2,(H,25,26)/q-1/p+1. The Labute approximate surface area is 160 Å². The van der Waals surface area contributed by atoms with Gasteiger partial charge in [-0.2, -0.15) is 8.78 Å². The molecule has 0 saturated heterocycles. The lowest BCUT2D eigenvalue weighted by molar-refractivity contribution is -0.441. The fourth-order valence-corrected chi connectivity index (χ4v) is 2.84. The number of nitrogen functional groups attached to an aromatic ring is 1. The molecule has 0 aliphatic carbocycles. The Hall–Kier alpha value is -3.49. The van der Waals surface area contributed by atoms with Crippen LogP contribution in [0.15, 0.2) is 77.9 Å². The molecule has 6 nitrogen and oxygen atoms in total. The number of nitrogens with two attached hydrogens (primary N) is 3. The highest BCUT2D eigenvalue weighted by atomic mass is 19.3. The predicted octanol–water partition coefficient (Wildman–Crippen LogP) is 3.34. The van der Waals surface area contributed by atoms with E-state index >= 15 is 0 Å². The van der Waals surface area contributed by atoms with E-state index in [-0.39, 0.29) is 5.75 Å². The number of quaternary nitrogens is 1. The SMILES string of the molecule is N[N-]/N=C(\[NH2+]c1ccccc1N)c1ccccc1-c1ccccc1OC(F)F. The Bertz CT molecular complexity index is 978. The van der Waals surface area contributed by atoms with Gasteiger partial charge >= 0.3 is 6.61 Å². The molecule has 3 aromatic carbocycles. The first-order valence-electron chi connectivity index (χ1n) is 8.41. The van der Waals surface area contributed by atoms with Crippen LogP contribution in [0.4, 0.5) is 20.2 Å². The van der Waals surface area contributed by atoms with Crippen LogP contribution >= 0.6 is 0 Å². The smallest absolute Gasteiger partial charge is 0.387 e. The molecule has 3 rings (SSSR count). The molecule has 0 fully saturated rings. The van der Waals surface area contributed by atoms with Crippen LogP contribution in [0.25, 0.3) is 16.7 Å². The first-order chi connectivity index (χ1) is 13.6.